The van der Waals surface area contributed by atoms with Crippen molar-refractivity contribution in [2.24, 2.45) is 10.8 Å². The van der Waals surface area contributed by atoms with Gasteiger partial charge in [-0.3, -0.25) is 0 Å². The van der Waals surface area contributed by atoms with Crippen LogP contribution in [0.5, 0.6) is 17.2 Å². The van der Waals surface area contributed by atoms with E-state index in [0.29, 0.717) is 23.4 Å². The molecule has 7 heteroatoms. The lowest BCUT2D eigenvalue weighted by molar-refractivity contribution is 0.360. The summed E-state index contributed by atoms with van der Waals surface area (Å²) in [5.74, 6) is 0.576. The van der Waals surface area contributed by atoms with Crippen molar-refractivity contribution in [3.05, 3.63) is 53.6 Å². The molecule has 24 heavy (non-hydrogen) atoms. The highest BCUT2D eigenvalue weighted by Gasteiger charge is 2.31. The Balaban J connectivity index is 1.97. The molecule has 2 aromatic carbocycles. The number of phenolic OH excluding ortho intramolecular Hbond substituents is 2. The molecule has 6 nitrogen and oxygen atoms in total. The van der Waals surface area contributed by atoms with Crippen LogP contribution in [0.2, 0.25) is 0 Å². The van der Waals surface area contributed by atoms with E-state index in [0.717, 1.165) is 5.56 Å². The number of nitrogens with zero attached hydrogens (tertiary/aromatic N) is 2. The minimum absolute atomic E-state index is 0.0360. The van der Waals surface area contributed by atoms with Gasteiger partial charge >= 0.3 is 0 Å². The van der Waals surface area contributed by atoms with Gasteiger partial charge in [0.15, 0.2) is 16.6 Å². The standard InChI is InChI=1S/C17H17N3O3S/c1-23-16-7-6-10(8-15(16)22)13-9-12(19-20(13)17(18)24)11-4-2-3-5-14(11)21/h2-8,13,21-22H,9H2,1H3,(H2,18,24). The van der Waals surface area contributed by atoms with Crippen molar-refractivity contribution in [2.75, 3.05) is 7.11 Å². The lowest BCUT2D eigenvalue weighted by Crippen LogP contribution is -2.31. The highest BCUT2D eigenvalue weighted by molar-refractivity contribution is 7.80. The van der Waals surface area contributed by atoms with Crippen LogP contribution >= 0.6 is 12.2 Å². The summed E-state index contributed by atoms with van der Waals surface area (Å²) in [6, 6.07) is 11.8. The van der Waals surface area contributed by atoms with Crippen molar-refractivity contribution >= 4 is 23.0 Å². The van der Waals surface area contributed by atoms with E-state index in [1.807, 2.05) is 12.1 Å². The van der Waals surface area contributed by atoms with Crippen molar-refractivity contribution in [1.29, 1.82) is 0 Å². The summed E-state index contributed by atoms with van der Waals surface area (Å²) in [5, 5.41) is 26.2. The number of hydrogen-bond donors (Lipinski definition) is 3. The quantitative estimate of drug-likeness (QED) is 0.742. The van der Waals surface area contributed by atoms with E-state index in [2.05, 4.69) is 5.10 Å². The smallest absolute Gasteiger partial charge is 0.187 e. The van der Waals surface area contributed by atoms with Crippen molar-refractivity contribution in [1.82, 2.24) is 5.01 Å². The topological polar surface area (TPSA) is 91.3 Å². The van der Waals surface area contributed by atoms with E-state index in [4.69, 9.17) is 22.7 Å². The third kappa shape index (κ3) is 2.85. The number of nitrogens with two attached hydrogens (primary N) is 1. The summed E-state index contributed by atoms with van der Waals surface area (Å²) in [6.45, 7) is 0. The molecule has 4 N–H and O–H groups in total. The number of para-hydroxylation sites is 1. The van der Waals surface area contributed by atoms with Gasteiger partial charge in [0.05, 0.1) is 18.9 Å². The maximum atomic E-state index is 10.0. The van der Waals surface area contributed by atoms with Gasteiger partial charge in [-0.1, -0.05) is 18.2 Å². The van der Waals surface area contributed by atoms with Gasteiger partial charge in [0.2, 0.25) is 0 Å². The van der Waals surface area contributed by atoms with Crippen molar-refractivity contribution in [3.8, 4) is 17.2 Å². The molecule has 0 aromatic heterocycles. The van der Waals surface area contributed by atoms with Gasteiger partial charge in [-0.05, 0) is 42.0 Å². The predicted octanol–water partition coefficient (Wildman–Crippen LogP) is 2.50. The molecule has 0 fully saturated rings. The van der Waals surface area contributed by atoms with Crippen molar-refractivity contribution < 1.29 is 14.9 Å². The minimum atomic E-state index is -0.256. The van der Waals surface area contributed by atoms with Gasteiger partial charge in [0.25, 0.3) is 0 Å². The summed E-state index contributed by atoms with van der Waals surface area (Å²) < 4.78 is 5.07. The van der Waals surface area contributed by atoms with Crippen LogP contribution in [0.1, 0.15) is 23.6 Å². The molecule has 0 spiro atoms. The van der Waals surface area contributed by atoms with E-state index in [1.165, 1.54) is 12.1 Å². The Hall–Kier alpha value is -2.80. The number of ether oxygens (including phenoxy) is 1. The largest absolute Gasteiger partial charge is 0.507 e. The Labute approximate surface area is 144 Å². The fraction of sp³-hybridized carbons (Fsp3) is 0.176. The second-order valence-corrected chi connectivity index (χ2v) is 5.82. The zero-order valence-electron chi connectivity index (χ0n) is 13.0. The minimum Gasteiger partial charge on any atom is -0.507 e. The number of methoxy groups -OCH3 is 1. The van der Waals surface area contributed by atoms with E-state index >= 15 is 0 Å². The van der Waals surface area contributed by atoms with E-state index in [1.54, 1.807) is 30.3 Å². The monoisotopic (exact) mass is 343 g/mol. The van der Waals surface area contributed by atoms with E-state index in [9.17, 15) is 10.2 Å². The molecule has 1 unspecified atom stereocenters. The van der Waals surface area contributed by atoms with Gasteiger partial charge in [-0.15, -0.1) is 0 Å². The van der Waals surface area contributed by atoms with Crippen LogP contribution in [0.3, 0.4) is 0 Å². The Morgan fingerprint density at radius 3 is 2.62 bits per heavy atom. The summed E-state index contributed by atoms with van der Waals surface area (Å²) in [6.07, 6.45) is 0.501. The van der Waals surface area contributed by atoms with Crippen LogP contribution in [0.4, 0.5) is 0 Å². The van der Waals surface area contributed by atoms with Gasteiger partial charge < -0.3 is 20.7 Å². The number of rotatable bonds is 3. The first-order valence-corrected chi connectivity index (χ1v) is 7.73. The zero-order chi connectivity index (χ0) is 17.3. The fourth-order valence-corrected chi connectivity index (χ4v) is 2.94. The van der Waals surface area contributed by atoms with Gasteiger partial charge in [0, 0.05) is 12.0 Å². The molecule has 0 aliphatic carbocycles. The first kappa shape index (κ1) is 16.1. The number of hydrazone groups is 1. The van der Waals surface area contributed by atoms with Gasteiger partial charge in [-0.25, -0.2) is 5.01 Å². The maximum absolute atomic E-state index is 10.0. The average Bonchev–Trinajstić information content (AvgIpc) is 3.00. The number of benzene rings is 2. The number of thiocarbonyl (C=S) groups is 1. The molecule has 0 radical (unpaired) electrons. The molecule has 1 aliphatic heterocycles. The summed E-state index contributed by atoms with van der Waals surface area (Å²) in [4.78, 5) is 0. The highest BCUT2D eigenvalue weighted by atomic mass is 32.1. The first-order chi connectivity index (χ1) is 11.5. The first-order valence-electron chi connectivity index (χ1n) is 7.32. The molecule has 124 valence electrons. The van der Waals surface area contributed by atoms with E-state index in [-0.39, 0.29) is 22.7 Å². The van der Waals surface area contributed by atoms with Crippen LogP contribution in [0.15, 0.2) is 47.6 Å². The molecule has 2 aromatic rings. The summed E-state index contributed by atoms with van der Waals surface area (Å²) >= 11 is 5.10. The fourth-order valence-electron chi connectivity index (χ4n) is 2.77. The lowest BCUT2D eigenvalue weighted by atomic mass is 9.98. The van der Waals surface area contributed by atoms with Crippen LogP contribution < -0.4 is 10.5 Å². The Morgan fingerprint density at radius 1 is 1.25 bits per heavy atom. The molecule has 0 bridgehead atoms. The molecule has 3 rings (SSSR count). The van der Waals surface area contributed by atoms with E-state index < -0.39 is 0 Å². The zero-order valence-corrected chi connectivity index (χ0v) is 13.8. The predicted molar refractivity (Wildman–Crippen MR) is 95.3 cm³/mol. The Morgan fingerprint density at radius 2 is 2.00 bits per heavy atom. The maximum Gasteiger partial charge on any atom is 0.187 e. The Bertz CT molecular complexity index is 822. The van der Waals surface area contributed by atoms with Crippen LogP contribution in [0.25, 0.3) is 0 Å². The second-order valence-electron chi connectivity index (χ2n) is 5.40. The number of hydrogen-bond acceptors (Lipinski definition) is 5. The van der Waals surface area contributed by atoms with Crippen molar-refractivity contribution in [3.63, 3.8) is 0 Å². The second kappa shape index (κ2) is 6.37. The molecule has 1 aliphatic rings. The van der Waals surface area contributed by atoms with Crippen molar-refractivity contribution in [2.45, 2.75) is 12.5 Å². The molecule has 1 atom stereocenters. The highest BCUT2D eigenvalue weighted by Crippen LogP contribution is 2.37. The number of phenols is 2. The number of aromatic hydroxyl groups is 2. The SMILES string of the molecule is COc1ccc(C2CC(c3ccccc3O)=NN2C(N)=S)cc1O. The molecule has 1 heterocycles. The molecular weight excluding hydrogens is 326 g/mol. The third-order valence-corrected chi connectivity index (χ3v) is 4.13. The van der Waals surface area contributed by atoms with Crippen LogP contribution in [0, 0.1) is 0 Å². The van der Waals surface area contributed by atoms with Crippen LogP contribution in [-0.2, 0) is 0 Å². The van der Waals surface area contributed by atoms with Gasteiger partial charge in [0.1, 0.15) is 5.75 Å². The van der Waals surface area contributed by atoms with Crippen LogP contribution in [-0.4, -0.2) is 33.2 Å². The average molecular weight is 343 g/mol. The lowest BCUT2D eigenvalue weighted by Gasteiger charge is -2.22. The van der Waals surface area contributed by atoms with Gasteiger partial charge in [-0.2, -0.15) is 5.10 Å². The molecule has 0 saturated heterocycles. The Kier molecular flexibility index (Phi) is 4.26. The molecular formula is C17H17N3O3S. The third-order valence-electron chi connectivity index (χ3n) is 3.94. The normalized spacial score (nSPS) is 16.8. The molecule has 0 amide bonds. The molecule has 0 saturated carbocycles. The summed E-state index contributed by atoms with van der Waals surface area (Å²) in [7, 11) is 1.49. The summed E-state index contributed by atoms with van der Waals surface area (Å²) in [5.41, 5.74) is 7.92.